The number of carbonyl (C=O) groups excluding carboxylic acids is 2. The smallest absolute Gasteiger partial charge is 0.338 e. The van der Waals surface area contributed by atoms with E-state index in [1.165, 1.54) is 16.6 Å². The predicted molar refractivity (Wildman–Crippen MR) is 112 cm³/mol. The van der Waals surface area contributed by atoms with Gasteiger partial charge in [0.1, 0.15) is 0 Å². The zero-order chi connectivity index (χ0) is 21.2. The number of ether oxygens (including phenoxy) is 1. The lowest BCUT2D eigenvalue weighted by Gasteiger charge is -2.22. The Morgan fingerprint density at radius 1 is 1.17 bits per heavy atom. The second kappa shape index (κ2) is 8.24. The van der Waals surface area contributed by atoms with E-state index in [0.29, 0.717) is 24.2 Å². The van der Waals surface area contributed by atoms with Crippen LogP contribution in [-0.4, -0.2) is 45.7 Å². The van der Waals surface area contributed by atoms with Crippen LogP contribution in [0.1, 0.15) is 29.8 Å². The van der Waals surface area contributed by atoms with Crippen molar-refractivity contribution in [3.05, 3.63) is 59.7 Å². The average Bonchev–Trinajstić information content (AvgIpc) is 3.02. The molecule has 0 saturated heterocycles. The van der Waals surface area contributed by atoms with Gasteiger partial charge in [-0.3, -0.25) is 9.10 Å². The third-order valence-corrected chi connectivity index (χ3v) is 6.11. The number of hydrogen-bond donors (Lipinski definition) is 0. The number of benzene rings is 2. The highest BCUT2D eigenvalue weighted by Crippen LogP contribution is 2.34. The van der Waals surface area contributed by atoms with Gasteiger partial charge < -0.3 is 9.64 Å². The lowest BCUT2D eigenvalue weighted by atomic mass is 10.1. The number of esters is 1. The van der Waals surface area contributed by atoms with Gasteiger partial charge in [0.25, 0.3) is 5.91 Å². The number of sulfonamides is 1. The average molecular weight is 416 g/mol. The molecule has 0 fully saturated rings. The molecule has 154 valence electrons. The molecular formula is C21H24N2O5S. The summed E-state index contributed by atoms with van der Waals surface area (Å²) in [5.41, 5.74) is 2.38. The number of nitrogens with zero attached hydrogens (tertiary/aromatic N) is 2. The molecule has 1 atom stereocenters. The first-order valence-corrected chi connectivity index (χ1v) is 11.2. The van der Waals surface area contributed by atoms with Gasteiger partial charge in [0.2, 0.25) is 10.0 Å². The van der Waals surface area contributed by atoms with Crippen molar-refractivity contribution < 1.29 is 22.7 Å². The monoisotopic (exact) mass is 416 g/mol. The van der Waals surface area contributed by atoms with Crippen LogP contribution in [0.2, 0.25) is 0 Å². The van der Waals surface area contributed by atoms with Crippen molar-refractivity contribution in [1.82, 2.24) is 0 Å². The number of para-hydroxylation sites is 1. The Balaban J connectivity index is 1.69. The van der Waals surface area contributed by atoms with E-state index >= 15 is 0 Å². The molecule has 0 radical (unpaired) electrons. The van der Waals surface area contributed by atoms with E-state index in [9.17, 15) is 18.0 Å². The van der Waals surface area contributed by atoms with E-state index in [1.807, 2.05) is 44.2 Å². The second-order valence-electron chi connectivity index (χ2n) is 7.01. The van der Waals surface area contributed by atoms with Gasteiger partial charge in [-0.15, -0.1) is 0 Å². The van der Waals surface area contributed by atoms with E-state index in [4.69, 9.17) is 4.74 Å². The maximum absolute atomic E-state index is 12.5. The summed E-state index contributed by atoms with van der Waals surface area (Å²) >= 11 is 0. The number of amides is 1. The molecular weight excluding hydrogens is 392 g/mol. The van der Waals surface area contributed by atoms with Crippen LogP contribution in [0.3, 0.4) is 0 Å². The normalized spacial score (nSPS) is 15.7. The summed E-state index contributed by atoms with van der Waals surface area (Å²) in [7, 11) is -3.39. The van der Waals surface area contributed by atoms with Gasteiger partial charge in [-0.05, 0) is 56.2 Å². The van der Waals surface area contributed by atoms with Gasteiger partial charge in [0.15, 0.2) is 6.61 Å². The number of likely N-dealkylation sites (N-methyl/N-ethyl adjacent to an activating group) is 1. The largest absolute Gasteiger partial charge is 0.452 e. The minimum Gasteiger partial charge on any atom is -0.452 e. The maximum Gasteiger partial charge on any atom is 0.338 e. The lowest BCUT2D eigenvalue weighted by Crippen LogP contribution is -2.34. The number of rotatable bonds is 6. The number of anilines is 2. The molecule has 0 unspecified atom stereocenters. The van der Waals surface area contributed by atoms with Crippen molar-refractivity contribution in [1.29, 1.82) is 0 Å². The fraction of sp³-hybridized carbons (Fsp3) is 0.333. The van der Waals surface area contributed by atoms with E-state index in [-0.39, 0.29) is 18.6 Å². The first-order chi connectivity index (χ1) is 13.7. The van der Waals surface area contributed by atoms with Gasteiger partial charge in [0.05, 0.1) is 17.5 Å². The minimum absolute atomic E-state index is 0.211. The molecule has 8 heteroatoms. The number of hydrogen-bond acceptors (Lipinski definition) is 5. The SMILES string of the molecule is CCN(C(=O)COC(=O)c1ccc2c(c1)C[C@@H](C)N2S(C)(=O)=O)c1ccccc1. The van der Waals surface area contributed by atoms with E-state index in [2.05, 4.69) is 0 Å². The standard InChI is InChI=1S/C21H24N2O5S/c1-4-22(18-8-6-5-7-9-18)20(24)14-28-21(25)16-10-11-19-17(13-16)12-15(2)23(19)29(3,26)27/h5-11,13,15H,4,12,14H2,1-3H3/t15-/m1/s1. The van der Waals surface area contributed by atoms with Crippen molar-refractivity contribution in [2.24, 2.45) is 0 Å². The molecule has 0 N–H and O–H groups in total. The molecule has 0 aliphatic carbocycles. The van der Waals surface area contributed by atoms with E-state index in [0.717, 1.165) is 11.3 Å². The molecule has 1 aliphatic rings. The molecule has 2 aromatic carbocycles. The van der Waals surface area contributed by atoms with Gasteiger partial charge in [-0.1, -0.05) is 18.2 Å². The Labute approximate surface area is 170 Å². The Bertz CT molecular complexity index is 1020. The fourth-order valence-electron chi connectivity index (χ4n) is 3.63. The first kappa shape index (κ1) is 20.9. The summed E-state index contributed by atoms with van der Waals surface area (Å²) in [6, 6.07) is 13.7. The highest BCUT2D eigenvalue weighted by atomic mass is 32.2. The molecule has 1 heterocycles. The molecule has 0 bridgehead atoms. The lowest BCUT2D eigenvalue weighted by molar-refractivity contribution is -0.121. The van der Waals surface area contributed by atoms with Crippen LogP contribution >= 0.6 is 0 Å². The summed E-state index contributed by atoms with van der Waals surface area (Å²) in [4.78, 5) is 26.4. The molecule has 29 heavy (non-hydrogen) atoms. The van der Waals surface area contributed by atoms with Crippen LogP contribution in [0.15, 0.2) is 48.5 Å². The van der Waals surface area contributed by atoms with Crippen LogP contribution < -0.4 is 9.21 Å². The van der Waals surface area contributed by atoms with Gasteiger partial charge >= 0.3 is 5.97 Å². The zero-order valence-electron chi connectivity index (χ0n) is 16.7. The van der Waals surface area contributed by atoms with Gasteiger partial charge in [0, 0.05) is 18.3 Å². The molecule has 0 aromatic heterocycles. The molecule has 3 rings (SSSR count). The number of fused-ring (bicyclic) bond motifs is 1. The summed E-state index contributed by atoms with van der Waals surface area (Å²) in [5.74, 6) is -0.930. The summed E-state index contributed by atoms with van der Waals surface area (Å²) in [6.45, 7) is 3.76. The van der Waals surface area contributed by atoms with Crippen LogP contribution in [-0.2, 0) is 26.0 Å². The van der Waals surface area contributed by atoms with Crippen molar-refractivity contribution in [3.8, 4) is 0 Å². The molecule has 1 amide bonds. The van der Waals surface area contributed by atoms with Crippen molar-refractivity contribution in [2.45, 2.75) is 26.3 Å². The Morgan fingerprint density at radius 3 is 2.48 bits per heavy atom. The predicted octanol–water partition coefficient (Wildman–Crippen LogP) is 2.61. The highest BCUT2D eigenvalue weighted by Gasteiger charge is 2.33. The summed E-state index contributed by atoms with van der Waals surface area (Å²) in [5, 5.41) is 0. The van der Waals surface area contributed by atoms with E-state index in [1.54, 1.807) is 17.0 Å². The summed E-state index contributed by atoms with van der Waals surface area (Å²) < 4.78 is 30.6. The molecule has 2 aromatic rings. The highest BCUT2D eigenvalue weighted by molar-refractivity contribution is 7.92. The van der Waals surface area contributed by atoms with Gasteiger partial charge in [-0.25, -0.2) is 13.2 Å². The minimum atomic E-state index is -3.39. The quantitative estimate of drug-likeness (QED) is 0.676. The zero-order valence-corrected chi connectivity index (χ0v) is 17.5. The fourth-order valence-corrected chi connectivity index (χ4v) is 4.90. The molecule has 0 spiro atoms. The maximum atomic E-state index is 12.5. The Hall–Kier alpha value is -2.87. The van der Waals surface area contributed by atoms with Crippen LogP contribution in [0, 0.1) is 0 Å². The molecule has 0 saturated carbocycles. The second-order valence-corrected chi connectivity index (χ2v) is 8.86. The van der Waals surface area contributed by atoms with Crippen LogP contribution in [0.5, 0.6) is 0 Å². The van der Waals surface area contributed by atoms with E-state index < -0.39 is 16.0 Å². The Morgan fingerprint density at radius 2 is 1.86 bits per heavy atom. The van der Waals surface area contributed by atoms with Crippen molar-refractivity contribution in [2.75, 3.05) is 28.6 Å². The first-order valence-electron chi connectivity index (χ1n) is 9.37. The third kappa shape index (κ3) is 4.42. The molecule has 1 aliphatic heterocycles. The van der Waals surface area contributed by atoms with Crippen LogP contribution in [0.4, 0.5) is 11.4 Å². The Kier molecular flexibility index (Phi) is 5.93. The topological polar surface area (TPSA) is 84.0 Å². The molecule has 7 nitrogen and oxygen atoms in total. The third-order valence-electron chi connectivity index (χ3n) is 4.84. The van der Waals surface area contributed by atoms with Gasteiger partial charge in [-0.2, -0.15) is 0 Å². The summed E-state index contributed by atoms with van der Waals surface area (Å²) in [6.07, 6.45) is 1.68. The number of carbonyl (C=O) groups is 2. The van der Waals surface area contributed by atoms with Crippen molar-refractivity contribution in [3.63, 3.8) is 0 Å². The van der Waals surface area contributed by atoms with Crippen molar-refractivity contribution >= 4 is 33.3 Å². The van der Waals surface area contributed by atoms with Crippen LogP contribution in [0.25, 0.3) is 0 Å².